The molecule has 1 aromatic carbocycles. The number of benzene rings is 1. The Bertz CT molecular complexity index is 1250. The number of non-ortho nitro benzene ring substituents is 2. The van der Waals surface area contributed by atoms with Crippen LogP contribution in [0.1, 0.15) is 109 Å². The van der Waals surface area contributed by atoms with Gasteiger partial charge in [-0.1, -0.05) is 76.8 Å². The molecule has 8 heteroatoms. The van der Waals surface area contributed by atoms with E-state index in [-0.39, 0.29) is 5.56 Å². The van der Waals surface area contributed by atoms with E-state index in [1.807, 2.05) is 0 Å². The first kappa shape index (κ1) is 31.6. The molecular formula is C34H46N2O6. The van der Waals surface area contributed by atoms with Crippen molar-refractivity contribution < 1.29 is 19.4 Å². The van der Waals surface area contributed by atoms with Crippen molar-refractivity contribution in [1.29, 1.82) is 0 Å². The molecule has 0 unspecified atom stereocenters. The number of carbonyl (C=O) groups excluding carboxylic acids is 1. The fourth-order valence-electron chi connectivity index (χ4n) is 7.89. The standard InChI is InChI=1S/C34H46N2O6/c1-22(2)8-6-9-24(4)31-15-16-32-25(10-7-17-34(31,32)5)12-13-26-20-30(14-11-23(26)3)42-33(37)27-18-28(35(38)39)21-29(19-27)36(40)41/h12-13,18-19,21-22,24,30-32H,3,6-11,14-17,20H2,1-2,4-5H3/b25-12?,26-13-/t24-,30+,31-,32+,34-/m1/s1. The third-order valence-corrected chi connectivity index (χ3v) is 10.2. The van der Waals surface area contributed by atoms with E-state index in [0.717, 1.165) is 53.5 Å². The molecule has 0 amide bonds. The smallest absolute Gasteiger partial charge is 0.338 e. The van der Waals surface area contributed by atoms with Gasteiger partial charge in [0.1, 0.15) is 6.10 Å². The first-order valence-corrected chi connectivity index (χ1v) is 15.6. The van der Waals surface area contributed by atoms with Crippen molar-refractivity contribution >= 4 is 17.3 Å². The van der Waals surface area contributed by atoms with Crippen LogP contribution < -0.4 is 0 Å². The number of nitro benzene ring substituents is 2. The van der Waals surface area contributed by atoms with Crippen molar-refractivity contribution in [2.24, 2.45) is 29.1 Å². The van der Waals surface area contributed by atoms with Crippen molar-refractivity contribution in [2.45, 2.75) is 104 Å². The molecule has 3 fully saturated rings. The van der Waals surface area contributed by atoms with E-state index in [2.05, 4.69) is 46.4 Å². The first-order valence-electron chi connectivity index (χ1n) is 15.6. The van der Waals surface area contributed by atoms with E-state index in [1.54, 1.807) is 0 Å². The number of rotatable bonds is 10. The van der Waals surface area contributed by atoms with Crippen molar-refractivity contribution in [3.05, 3.63) is 79.4 Å². The lowest BCUT2D eigenvalue weighted by Gasteiger charge is -2.44. The van der Waals surface area contributed by atoms with E-state index in [4.69, 9.17) is 4.74 Å². The summed E-state index contributed by atoms with van der Waals surface area (Å²) in [6.45, 7) is 13.9. The highest BCUT2D eigenvalue weighted by Gasteiger charge is 2.50. The SMILES string of the molecule is C=C1CC[C@H](OC(=O)c2cc([N+](=O)[O-])cc([N+](=O)[O-])c2)C/C1=C/C=C1CCC[C@]2(C)[C@@H]([C@H](C)CCCC(C)C)CC[C@@H]12. The summed E-state index contributed by atoms with van der Waals surface area (Å²) in [7, 11) is 0. The Morgan fingerprint density at radius 1 is 1.05 bits per heavy atom. The number of nitro groups is 2. The molecule has 0 N–H and O–H groups in total. The van der Waals surface area contributed by atoms with Crippen LogP contribution in [0.15, 0.2) is 53.6 Å². The van der Waals surface area contributed by atoms with Gasteiger partial charge >= 0.3 is 5.97 Å². The predicted molar refractivity (Wildman–Crippen MR) is 164 cm³/mol. The van der Waals surface area contributed by atoms with Gasteiger partial charge in [0, 0.05) is 18.6 Å². The Balaban J connectivity index is 1.45. The van der Waals surface area contributed by atoms with Gasteiger partial charge in [-0.05, 0) is 79.6 Å². The molecular weight excluding hydrogens is 532 g/mol. The minimum absolute atomic E-state index is 0.191. The Morgan fingerprint density at radius 2 is 1.74 bits per heavy atom. The molecule has 0 radical (unpaired) electrons. The van der Waals surface area contributed by atoms with Gasteiger partial charge in [0.25, 0.3) is 11.4 Å². The van der Waals surface area contributed by atoms with Crippen molar-refractivity contribution in [3.8, 4) is 0 Å². The predicted octanol–water partition coefficient (Wildman–Crippen LogP) is 9.30. The zero-order chi connectivity index (χ0) is 30.6. The summed E-state index contributed by atoms with van der Waals surface area (Å²) in [6.07, 6.45) is 16.0. The summed E-state index contributed by atoms with van der Waals surface area (Å²) in [5.41, 5.74) is 2.75. The largest absolute Gasteiger partial charge is 0.458 e. The Morgan fingerprint density at radius 3 is 2.38 bits per heavy atom. The van der Waals surface area contributed by atoms with Gasteiger partial charge in [-0.2, -0.15) is 0 Å². The Hall–Kier alpha value is -3.29. The number of esters is 1. The summed E-state index contributed by atoms with van der Waals surface area (Å²) < 4.78 is 5.70. The van der Waals surface area contributed by atoms with Crippen LogP contribution >= 0.6 is 0 Å². The van der Waals surface area contributed by atoms with Gasteiger partial charge in [0.15, 0.2) is 0 Å². The molecule has 3 aliphatic rings. The number of fused-ring (bicyclic) bond motifs is 1. The molecule has 3 saturated carbocycles. The molecule has 5 atom stereocenters. The Labute approximate surface area is 249 Å². The van der Waals surface area contributed by atoms with Crippen LogP contribution in [0.4, 0.5) is 11.4 Å². The minimum atomic E-state index is -0.792. The zero-order valence-electron chi connectivity index (χ0n) is 25.6. The molecule has 4 rings (SSSR count). The summed E-state index contributed by atoms with van der Waals surface area (Å²) in [6, 6.07) is 2.89. The highest BCUT2D eigenvalue weighted by molar-refractivity contribution is 5.91. The quantitative estimate of drug-likeness (QED) is 0.155. The number of hydrogen-bond acceptors (Lipinski definition) is 6. The number of nitrogens with zero attached hydrogens (tertiary/aromatic N) is 2. The molecule has 0 heterocycles. The minimum Gasteiger partial charge on any atom is -0.458 e. The summed E-state index contributed by atoms with van der Waals surface area (Å²) in [5.74, 6) is 2.09. The van der Waals surface area contributed by atoms with Crippen molar-refractivity contribution in [1.82, 2.24) is 0 Å². The van der Waals surface area contributed by atoms with Gasteiger partial charge in [-0.15, -0.1) is 0 Å². The van der Waals surface area contributed by atoms with Gasteiger partial charge < -0.3 is 4.74 Å². The second-order valence-corrected chi connectivity index (χ2v) is 13.5. The van der Waals surface area contributed by atoms with E-state index < -0.39 is 33.3 Å². The van der Waals surface area contributed by atoms with Gasteiger partial charge in [0.05, 0.1) is 21.5 Å². The van der Waals surface area contributed by atoms with Crippen molar-refractivity contribution in [2.75, 3.05) is 0 Å². The monoisotopic (exact) mass is 578 g/mol. The molecule has 42 heavy (non-hydrogen) atoms. The van der Waals surface area contributed by atoms with Crippen LogP contribution in [0.25, 0.3) is 0 Å². The molecule has 3 aliphatic carbocycles. The van der Waals surface area contributed by atoms with E-state index >= 15 is 0 Å². The van der Waals surface area contributed by atoms with Crippen LogP contribution in [0.5, 0.6) is 0 Å². The average molecular weight is 579 g/mol. The van der Waals surface area contributed by atoms with Gasteiger partial charge in [0.2, 0.25) is 0 Å². The number of hydrogen-bond donors (Lipinski definition) is 0. The number of allylic oxidation sites excluding steroid dienone is 4. The van der Waals surface area contributed by atoms with Crippen LogP contribution in [0.2, 0.25) is 0 Å². The lowest BCUT2D eigenvalue weighted by molar-refractivity contribution is -0.394. The van der Waals surface area contributed by atoms with Crippen LogP contribution in [-0.2, 0) is 4.74 Å². The number of carbonyl (C=O) groups is 1. The normalized spacial score (nSPS) is 28.6. The average Bonchev–Trinajstić information content (AvgIpc) is 3.30. The molecule has 0 spiro atoms. The van der Waals surface area contributed by atoms with Crippen LogP contribution in [-0.4, -0.2) is 21.9 Å². The topological polar surface area (TPSA) is 113 Å². The maximum absolute atomic E-state index is 12.9. The molecule has 0 bridgehead atoms. The molecule has 1 aromatic rings. The third-order valence-electron chi connectivity index (χ3n) is 10.2. The zero-order valence-corrected chi connectivity index (χ0v) is 25.6. The molecule has 0 aromatic heterocycles. The second-order valence-electron chi connectivity index (χ2n) is 13.5. The van der Waals surface area contributed by atoms with Crippen LogP contribution in [0.3, 0.4) is 0 Å². The summed E-state index contributed by atoms with van der Waals surface area (Å²) in [4.78, 5) is 33.8. The summed E-state index contributed by atoms with van der Waals surface area (Å²) in [5, 5.41) is 22.5. The second kappa shape index (κ2) is 13.3. The van der Waals surface area contributed by atoms with E-state index in [0.29, 0.717) is 30.6 Å². The maximum Gasteiger partial charge on any atom is 0.338 e. The van der Waals surface area contributed by atoms with Crippen LogP contribution in [0, 0.1) is 49.3 Å². The summed E-state index contributed by atoms with van der Waals surface area (Å²) >= 11 is 0. The molecule has 8 nitrogen and oxygen atoms in total. The molecule has 0 aliphatic heterocycles. The first-order chi connectivity index (χ1) is 19.9. The fraction of sp³-hybridized carbons (Fsp3) is 0.618. The lowest BCUT2D eigenvalue weighted by Crippen LogP contribution is -2.36. The van der Waals surface area contributed by atoms with E-state index in [9.17, 15) is 25.0 Å². The fourth-order valence-corrected chi connectivity index (χ4v) is 7.89. The van der Waals surface area contributed by atoms with Gasteiger partial charge in [-0.3, -0.25) is 20.2 Å². The van der Waals surface area contributed by atoms with Gasteiger partial charge in [-0.25, -0.2) is 4.79 Å². The lowest BCUT2D eigenvalue weighted by atomic mass is 9.60. The number of ether oxygens (including phenoxy) is 1. The highest BCUT2D eigenvalue weighted by atomic mass is 16.6. The maximum atomic E-state index is 12.9. The third kappa shape index (κ3) is 7.19. The Kier molecular flexibility index (Phi) is 10.1. The molecule has 228 valence electrons. The van der Waals surface area contributed by atoms with Crippen molar-refractivity contribution in [3.63, 3.8) is 0 Å². The van der Waals surface area contributed by atoms with E-state index in [1.165, 1.54) is 50.5 Å². The highest BCUT2D eigenvalue weighted by Crippen LogP contribution is 2.60. The molecule has 0 saturated heterocycles.